The molecule has 0 bridgehead atoms. The van der Waals surface area contributed by atoms with Crippen LogP contribution < -0.4 is 10.1 Å². The number of hydrogen-bond donors (Lipinski definition) is 2. The molecule has 3 aromatic carbocycles. The Bertz CT molecular complexity index is 1110. The van der Waals surface area contributed by atoms with E-state index in [1.54, 1.807) is 24.3 Å². The standard InChI is InChI=1S/C24H20F7NO2/c1-14-5-8-17(9-6-14)34-18-4-2-3-15(11-18)22(32-13-21(33)24(29,30)31)19-12-16(23(26,27)28)7-10-20(19)25/h2-12,21-22,32-33H,13H2,1H3. The maximum absolute atomic E-state index is 14.6. The van der Waals surface area contributed by atoms with Crippen molar-refractivity contribution in [3.8, 4) is 11.5 Å². The van der Waals surface area contributed by atoms with Crippen molar-refractivity contribution in [1.29, 1.82) is 0 Å². The normalized spacial score (nSPS) is 14.0. The molecule has 2 unspecified atom stereocenters. The number of aliphatic hydroxyl groups is 1. The molecule has 0 aromatic heterocycles. The van der Waals surface area contributed by atoms with Crippen molar-refractivity contribution < 1.29 is 40.6 Å². The van der Waals surface area contributed by atoms with Gasteiger partial charge in [-0.3, -0.25) is 0 Å². The number of alkyl halides is 6. The van der Waals surface area contributed by atoms with E-state index < -0.39 is 48.0 Å². The van der Waals surface area contributed by atoms with Gasteiger partial charge in [0.25, 0.3) is 0 Å². The zero-order valence-electron chi connectivity index (χ0n) is 17.7. The van der Waals surface area contributed by atoms with Gasteiger partial charge in [0.05, 0.1) is 11.6 Å². The highest BCUT2D eigenvalue weighted by molar-refractivity contribution is 5.41. The quantitative estimate of drug-likeness (QED) is 0.372. The SMILES string of the molecule is Cc1ccc(Oc2cccc(C(NCC(O)C(F)(F)F)c3cc(C(F)(F)F)ccc3F)c2)cc1. The molecule has 0 fully saturated rings. The minimum absolute atomic E-state index is 0.136. The smallest absolute Gasteiger partial charge is 0.416 e. The van der Waals surface area contributed by atoms with Crippen LogP contribution in [-0.4, -0.2) is 23.9 Å². The minimum atomic E-state index is -4.97. The summed E-state index contributed by atoms with van der Waals surface area (Å²) in [4.78, 5) is 0. The predicted octanol–water partition coefficient (Wildman–Crippen LogP) is 6.55. The number of halogens is 7. The van der Waals surface area contributed by atoms with Crippen LogP contribution in [0.5, 0.6) is 11.5 Å². The molecule has 0 saturated heterocycles. The molecule has 0 aliphatic heterocycles. The molecule has 0 aliphatic carbocycles. The van der Waals surface area contributed by atoms with E-state index in [-0.39, 0.29) is 11.3 Å². The Hall–Kier alpha value is -3.11. The lowest BCUT2D eigenvalue weighted by Gasteiger charge is -2.24. The maximum atomic E-state index is 14.6. The minimum Gasteiger partial charge on any atom is -0.457 e. The van der Waals surface area contributed by atoms with Crippen LogP contribution in [0.2, 0.25) is 0 Å². The first-order chi connectivity index (χ1) is 15.8. The summed E-state index contributed by atoms with van der Waals surface area (Å²) in [5.74, 6) is -0.376. The Morgan fingerprint density at radius 3 is 2.18 bits per heavy atom. The van der Waals surface area contributed by atoms with E-state index in [2.05, 4.69) is 5.32 Å². The fraction of sp³-hybridized carbons (Fsp3) is 0.250. The zero-order chi connectivity index (χ0) is 25.1. The van der Waals surface area contributed by atoms with E-state index in [9.17, 15) is 35.8 Å². The zero-order valence-corrected chi connectivity index (χ0v) is 17.7. The molecule has 182 valence electrons. The van der Waals surface area contributed by atoms with Crippen molar-refractivity contribution >= 4 is 0 Å². The molecule has 2 N–H and O–H groups in total. The number of nitrogens with one attached hydrogen (secondary N) is 1. The second kappa shape index (κ2) is 10.0. The molecule has 10 heteroatoms. The summed E-state index contributed by atoms with van der Waals surface area (Å²) in [6.07, 6.45) is -12.6. The molecule has 0 aliphatic rings. The Morgan fingerprint density at radius 2 is 1.56 bits per heavy atom. The van der Waals surface area contributed by atoms with E-state index in [1.807, 2.05) is 6.92 Å². The Balaban J connectivity index is 2.00. The summed E-state index contributed by atoms with van der Waals surface area (Å²) in [7, 11) is 0. The molecule has 34 heavy (non-hydrogen) atoms. The Morgan fingerprint density at radius 1 is 0.882 bits per heavy atom. The number of aryl methyl sites for hydroxylation is 1. The molecule has 0 radical (unpaired) electrons. The van der Waals surface area contributed by atoms with Gasteiger partial charge in [0.15, 0.2) is 6.10 Å². The van der Waals surface area contributed by atoms with Crippen LogP contribution in [0.25, 0.3) is 0 Å². The van der Waals surface area contributed by atoms with E-state index in [0.717, 1.165) is 5.56 Å². The molecule has 2 atom stereocenters. The van der Waals surface area contributed by atoms with Crippen molar-refractivity contribution in [3.05, 3.63) is 94.8 Å². The summed E-state index contributed by atoms with van der Waals surface area (Å²) < 4.78 is 98.4. The molecular formula is C24H20F7NO2. The number of ether oxygens (including phenoxy) is 1. The van der Waals surface area contributed by atoms with Crippen molar-refractivity contribution in [3.63, 3.8) is 0 Å². The van der Waals surface area contributed by atoms with Crippen molar-refractivity contribution in [1.82, 2.24) is 5.32 Å². The second-order valence-electron chi connectivity index (χ2n) is 7.62. The first-order valence-electron chi connectivity index (χ1n) is 10.0. The molecular weight excluding hydrogens is 467 g/mol. The van der Waals surface area contributed by atoms with E-state index in [4.69, 9.17) is 4.74 Å². The summed E-state index contributed by atoms with van der Waals surface area (Å²) in [5.41, 5.74) is -0.582. The van der Waals surface area contributed by atoms with Gasteiger partial charge in [0, 0.05) is 12.1 Å². The van der Waals surface area contributed by atoms with Gasteiger partial charge in [0.2, 0.25) is 0 Å². The van der Waals surface area contributed by atoms with Gasteiger partial charge >= 0.3 is 12.4 Å². The van der Waals surface area contributed by atoms with E-state index in [0.29, 0.717) is 23.9 Å². The monoisotopic (exact) mass is 487 g/mol. The van der Waals surface area contributed by atoms with Crippen LogP contribution >= 0.6 is 0 Å². The first-order valence-corrected chi connectivity index (χ1v) is 10.0. The third kappa shape index (κ3) is 6.48. The third-order valence-electron chi connectivity index (χ3n) is 4.98. The lowest BCUT2D eigenvalue weighted by atomic mass is 9.95. The largest absolute Gasteiger partial charge is 0.457 e. The lowest BCUT2D eigenvalue weighted by Crippen LogP contribution is -2.40. The summed E-state index contributed by atoms with van der Waals surface area (Å²) >= 11 is 0. The van der Waals surface area contributed by atoms with Crippen LogP contribution in [0, 0.1) is 12.7 Å². The number of aliphatic hydroxyl groups excluding tert-OH is 1. The molecule has 0 heterocycles. The van der Waals surface area contributed by atoms with E-state index in [1.165, 1.54) is 24.3 Å². The molecule has 3 nitrogen and oxygen atoms in total. The van der Waals surface area contributed by atoms with Crippen LogP contribution in [0.1, 0.15) is 28.3 Å². The number of benzene rings is 3. The molecule has 3 aromatic rings. The third-order valence-corrected chi connectivity index (χ3v) is 4.98. The highest BCUT2D eigenvalue weighted by Crippen LogP contribution is 2.35. The summed E-state index contributed by atoms with van der Waals surface area (Å²) in [5, 5.41) is 11.7. The lowest BCUT2D eigenvalue weighted by molar-refractivity contribution is -0.202. The van der Waals surface area contributed by atoms with Gasteiger partial charge in [-0.1, -0.05) is 29.8 Å². The second-order valence-corrected chi connectivity index (χ2v) is 7.62. The average molecular weight is 487 g/mol. The van der Waals surface area contributed by atoms with Crippen LogP contribution in [0.15, 0.2) is 66.7 Å². The van der Waals surface area contributed by atoms with Crippen molar-refractivity contribution in [2.75, 3.05) is 6.54 Å². The topological polar surface area (TPSA) is 41.5 Å². The highest BCUT2D eigenvalue weighted by atomic mass is 19.4. The van der Waals surface area contributed by atoms with Gasteiger partial charge in [-0.15, -0.1) is 0 Å². The fourth-order valence-corrected chi connectivity index (χ4v) is 3.19. The van der Waals surface area contributed by atoms with Crippen molar-refractivity contribution in [2.45, 2.75) is 31.4 Å². The van der Waals surface area contributed by atoms with Gasteiger partial charge in [-0.25, -0.2) is 4.39 Å². The van der Waals surface area contributed by atoms with Gasteiger partial charge < -0.3 is 15.2 Å². The first kappa shape index (κ1) is 25.5. The Labute approximate surface area is 190 Å². The highest BCUT2D eigenvalue weighted by Gasteiger charge is 2.39. The average Bonchev–Trinajstić information content (AvgIpc) is 2.75. The molecule has 3 rings (SSSR count). The van der Waals surface area contributed by atoms with Crippen LogP contribution in [-0.2, 0) is 6.18 Å². The molecule has 0 spiro atoms. The number of rotatable bonds is 7. The Kier molecular flexibility index (Phi) is 7.52. The summed E-state index contributed by atoms with van der Waals surface area (Å²) in [6, 6.07) is 13.0. The molecule has 0 amide bonds. The van der Waals surface area contributed by atoms with Crippen LogP contribution in [0.3, 0.4) is 0 Å². The molecule has 0 saturated carbocycles. The van der Waals surface area contributed by atoms with Gasteiger partial charge in [0.1, 0.15) is 17.3 Å². The number of hydrogen-bond acceptors (Lipinski definition) is 3. The summed E-state index contributed by atoms with van der Waals surface area (Å²) in [6.45, 7) is 0.798. The van der Waals surface area contributed by atoms with E-state index >= 15 is 0 Å². The van der Waals surface area contributed by atoms with Gasteiger partial charge in [-0.2, -0.15) is 26.3 Å². The van der Waals surface area contributed by atoms with Crippen molar-refractivity contribution in [2.24, 2.45) is 0 Å². The predicted molar refractivity (Wildman–Crippen MR) is 111 cm³/mol. The fourth-order valence-electron chi connectivity index (χ4n) is 3.19. The van der Waals surface area contributed by atoms with Gasteiger partial charge in [-0.05, 0) is 55.0 Å². The van der Waals surface area contributed by atoms with Crippen LogP contribution in [0.4, 0.5) is 30.7 Å². The maximum Gasteiger partial charge on any atom is 0.416 e.